The van der Waals surface area contributed by atoms with Crippen LogP contribution in [-0.4, -0.2) is 62.0 Å². The molecule has 3 fully saturated rings. The summed E-state index contributed by atoms with van der Waals surface area (Å²) >= 11 is 0. The van der Waals surface area contributed by atoms with Crippen molar-refractivity contribution in [3.8, 4) is 0 Å². The van der Waals surface area contributed by atoms with E-state index in [0.717, 1.165) is 13.2 Å². The van der Waals surface area contributed by atoms with Crippen molar-refractivity contribution in [1.29, 1.82) is 0 Å². The normalized spacial score (nSPS) is 38.3. The number of ether oxygens (including phenoxy) is 1. The Hall–Kier alpha value is -0.160. The third-order valence-electron chi connectivity index (χ3n) is 5.19. The van der Waals surface area contributed by atoms with Gasteiger partial charge in [-0.05, 0) is 33.4 Å². The molecule has 0 radical (unpaired) electrons. The van der Waals surface area contributed by atoms with Crippen molar-refractivity contribution in [3.05, 3.63) is 0 Å². The summed E-state index contributed by atoms with van der Waals surface area (Å²) in [5.41, 5.74) is 0.430. The zero-order chi connectivity index (χ0) is 12.8. The molecule has 0 aromatic heterocycles. The highest BCUT2D eigenvalue weighted by molar-refractivity contribution is 5.18. The molecule has 0 aromatic rings. The number of aliphatic hydroxyl groups excluding tert-OH is 1. The number of nitrogens with zero attached hydrogens (tertiary/aromatic N) is 1. The van der Waals surface area contributed by atoms with Gasteiger partial charge >= 0.3 is 0 Å². The maximum atomic E-state index is 9.95. The van der Waals surface area contributed by atoms with Gasteiger partial charge in [-0.1, -0.05) is 6.42 Å². The van der Waals surface area contributed by atoms with Crippen molar-refractivity contribution >= 4 is 0 Å². The van der Waals surface area contributed by atoms with Crippen LogP contribution in [0.3, 0.4) is 0 Å². The van der Waals surface area contributed by atoms with Gasteiger partial charge in [-0.2, -0.15) is 0 Å². The highest BCUT2D eigenvalue weighted by Crippen LogP contribution is 2.62. The number of rotatable bonds is 5. The number of hydrogen-bond donors (Lipinski definition) is 2. The first-order valence-electron chi connectivity index (χ1n) is 7.31. The lowest BCUT2D eigenvalue weighted by Crippen LogP contribution is -2.71. The number of fused-ring (bicyclic) bond motifs is 2. The van der Waals surface area contributed by atoms with Crippen LogP contribution in [0.5, 0.6) is 0 Å². The van der Waals surface area contributed by atoms with Crippen LogP contribution in [0.2, 0.25) is 0 Å². The van der Waals surface area contributed by atoms with Crippen LogP contribution in [0.4, 0.5) is 0 Å². The molecule has 104 valence electrons. The van der Waals surface area contributed by atoms with Crippen LogP contribution in [0.1, 0.15) is 25.7 Å². The van der Waals surface area contributed by atoms with E-state index in [1.54, 1.807) is 0 Å². The van der Waals surface area contributed by atoms with E-state index in [0.29, 0.717) is 30.0 Å². The van der Waals surface area contributed by atoms with Crippen molar-refractivity contribution in [2.75, 3.05) is 33.8 Å². The van der Waals surface area contributed by atoms with Gasteiger partial charge in [0, 0.05) is 37.1 Å². The van der Waals surface area contributed by atoms with Crippen LogP contribution < -0.4 is 5.32 Å². The van der Waals surface area contributed by atoms with E-state index in [4.69, 9.17) is 4.74 Å². The molecule has 4 atom stereocenters. The Morgan fingerprint density at radius 2 is 2.22 bits per heavy atom. The van der Waals surface area contributed by atoms with E-state index in [1.165, 1.54) is 25.7 Å². The third kappa shape index (κ3) is 1.90. The van der Waals surface area contributed by atoms with Gasteiger partial charge in [0.1, 0.15) is 0 Å². The van der Waals surface area contributed by atoms with Crippen molar-refractivity contribution in [1.82, 2.24) is 10.2 Å². The smallest absolute Gasteiger partial charge is 0.0791 e. The fraction of sp³-hybridized carbons (Fsp3) is 1.00. The molecule has 4 unspecified atom stereocenters. The molecule has 1 saturated heterocycles. The minimum atomic E-state index is -0.265. The molecule has 2 aliphatic carbocycles. The lowest BCUT2D eigenvalue weighted by atomic mass is 9.46. The van der Waals surface area contributed by atoms with Gasteiger partial charge in [0.25, 0.3) is 0 Å². The maximum Gasteiger partial charge on any atom is 0.0791 e. The van der Waals surface area contributed by atoms with Crippen molar-refractivity contribution in [2.24, 2.45) is 11.3 Å². The highest BCUT2D eigenvalue weighted by atomic mass is 16.5. The third-order valence-corrected chi connectivity index (χ3v) is 5.19. The second-order valence-corrected chi connectivity index (χ2v) is 6.63. The Morgan fingerprint density at radius 1 is 1.44 bits per heavy atom. The first-order valence-corrected chi connectivity index (χ1v) is 7.31. The van der Waals surface area contributed by atoms with Gasteiger partial charge in [0.15, 0.2) is 0 Å². The molecule has 0 amide bonds. The van der Waals surface area contributed by atoms with Crippen LogP contribution in [0.25, 0.3) is 0 Å². The Morgan fingerprint density at radius 3 is 2.83 bits per heavy atom. The lowest BCUT2D eigenvalue weighted by Gasteiger charge is -2.63. The lowest BCUT2D eigenvalue weighted by molar-refractivity contribution is -0.177. The van der Waals surface area contributed by atoms with Crippen LogP contribution in [-0.2, 0) is 4.74 Å². The molecule has 1 aliphatic heterocycles. The first kappa shape index (κ1) is 12.9. The number of likely N-dealkylation sites (N-methyl/N-ethyl adjacent to an activating group) is 1. The van der Waals surface area contributed by atoms with E-state index in [9.17, 15) is 5.11 Å². The summed E-state index contributed by atoms with van der Waals surface area (Å²) in [6.07, 6.45) is 5.44. The van der Waals surface area contributed by atoms with Gasteiger partial charge in [-0.3, -0.25) is 0 Å². The monoisotopic (exact) mass is 254 g/mol. The van der Waals surface area contributed by atoms with Crippen molar-refractivity contribution < 1.29 is 9.84 Å². The Bertz CT molecular complexity index is 304. The summed E-state index contributed by atoms with van der Waals surface area (Å²) in [6, 6.07) is 0.593. The molecule has 4 nitrogen and oxygen atoms in total. The maximum absolute atomic E-state index is 9.95. The van der Waals surface area contributed by atoms with E-state index in [-0.39, 0.29) is 6.10 Å². The summed E-state index contributed by atoms with van der Waals surface area (Å²) in [7, 11) is 4.00. The summed E-state index contributed by atoms with van der Waals surface area (Å²) in [5.74, 6) is 0.705. The van der Waals surface area contributed by atoms with Gasteiger partial charge in [0.05, 0.1) is 12.2 Å². The molecular formula is C14H26N2O2. The van der Waals surface area contributed by atoms with E-state index in [2.05, 4.69) is 5.32 Å². The second kappa shape index (κ2) is 4.75. The number of nitrogens with one attached hydrogen (secondary N) is 1. The van der Waals surface area contributed by atoms with Crippen LogP contribution >= 0.6 is 0 Å². The van der Waals surface area contributed by atoms with Gasteiger partial charge in [-0.15, -0.1) is 0 Å². The van der Waals surface area contributed by atoms with Gasteiger partial charge in [-0.25, -0.2) is 0 Å². The predicted octanol–water partition coefficient (Wildman–Crippen LogP) is 0.456. The molecule has 3 aliphatic rings. The Labute approximate surface area is 110 Å². The Balaban J connectivity index is 1.53. The largest absolute Gasteiger partial charge is 0.390 e. The summed E-state index contributed by atoms with van der Waals surface area (Å²) < 4.78 is 5.90. The number of hydrogen-bond acceptors (Lipinski definition) is 4. The topological polar surface area (TPSA) is 44.7 Å². The molecule has 18 heavy (non-hydrogen) atoms. The summed E-state index contributed by atoms with van der Waals surface area (Å²) in [6.45, 7) is 2.39. The fourth-order valence-corrected chi connectivity index (χ4v) is 4.31. The molecule has 0 aromatic carbocycles. The summed E-state index contributed by atoms with van der Waals surface area (Å²) in [5, 5.41) is 13.6. The average Bonchev–Trinajstić information content (AvgIpc) is 2.60. The molecule has 4 heteroatoms. The molecule has 0 bridgehead atoms. The van der Waals surface area contributed by atoms with E-state index in [1.807, 2.05) is 19.0 Å². The highest BCUT2D eigenvalue weighted by Gasteiger charge is 2.66. The minimum Gasteiger partial charge on any atom is -0.390 e. The Kier molecular flexibility index (Phi) is 3.39. The second-order valence-electron chi connectivity index (χ2n) is 6.63. The van der Waals surface area contributed by atoms with Gasteiger partial charge in [0.2, 0.25) is 0 Å². The average molecular weight is 254 g/mol. The van der Waals surface area contributed by atoms with Crippen LogP contribution in [0, 0.1) is 11.3 Å². The molecule has 1 heterocycles. The zero-order valence-corrected chi connectivity index (χ0v) is 11.6. The van der Waals surface area contributed by atoms with E-state index >= 15 is 0 Å². The summed E-state index contributed by atoms with van der Waals surface area (Å²) in [4.78, 5) is 2.04. The van der Waals surface area contributed by atoms with Crippen LogP contribution in [0.15, 0.2) is 0 Å². The SMILES string of the molecule is CN(C)CC(O)CNC1C2CCOC2C12CCC2. The van der Waals surface area contributed by atoms with Crippen molar-refractivity contribution in [2.45, 2.75) is 43.9 Å². The quantitative estimate of drug-likeness (QED) is 0.748. The standard InChI is InChI=1S/C14H26N2O2/c1-16(2)9-10(17)8-15-12-11-4-7-18-13(11)14(12)5-3-6-14/h10-13,15,17H,3-9H2,1-2H3. The first-order chi connectivity index (χ1) is 8.63. The minimum absolute atomic E-state index is 0.265. The fourth-order valence-electron chi connectivity index (χ4n) is 4.31. The number of aliphatic hydroxyl groups is 1. The molecule has 2 saturated carbocycles. The molecule has 1 spiro atoms. The van der Waals surface area contributed by atoms with Crippen molar-refractivity contribution in [3.63, 3.8) is 0 Å². The zero-order valence-electron chi connectivity index (χ0n) is 11.6. The molecular weight excluding hydrogens is 228 g/mol. The van der Waals surface area contributed by atoms with Gasteiger partial charge < -0.3 is 20.1 Å². The molecule has 2 N–H and O–H groups in total. The molecule has 3 rings (SSSR count). The predicted molar refractivity (Wildman–Crippen MR) is 70.5 cm³/mol. The van der Waals surface area contributed by atoms with E-state index < -0.39 is 0 Å².